The van der Waals surface area contributed by atoms with Gasteiger partial charge < -0.3 is 10.6 Å². The average molecular weight is 299 g/mol. The Morgan fingerprint density at radius 3 is 2.27 bits per heavy atom. The minimum Gasteiger partial charge on any atom is -0.369 e. The van der Waals surface area contributed by atoms with Crippen LogP contribution >= 0.6 is 0 Å². The Kier molecular flexibility index (Phi) is 4.71. The van der Waals surface area contributed by atoms with Crippen molar-refractivity contribution in [3.05, 3.63) is 65.5 Å². The number of nitrogens with two attached hydrogens (primary N) is 1. The highest BCUT2D eigenvalue weighted by atomic mass is 19.1. The lowest BCUT2D eigenvalue weighted by Gasteiger charge is -2.36. The first-order valence-corrected chi connectivity index (χ1v) is 7.75. The molecule has 0 radical (unpaired) electrons. The smallest absolute Gasteiger partial charge is 0.123 e. The van der Waals surface area contributed by atoms with Gasteiger partial charge in [0.25, 0.3) is 0 Å². The molecule has 3 nitrogen and oxygen atoms in total. The first kappa shape index (κ1) is 15.0. The average Bonchev–Trinajstić information content (AvgIpc) is 2.57. The van der Waals surface area contributed by atoms with Gasteiger partial charge in [-0.15, -0.1) is 0 Å². The normalized spacial score (nSPS) is 16.0. The molecule has 2 aromatic rings. The van der Waals surface area contributed by atoms with Gasteiger partial charge in [-0.3, -0.25) is 4.90 Å². The number of benzene rings is 2. The van der Waals surface area contributed by atoms with Gasteiger partial charge in [0.1, 0.15) is 5.82 Å². The molecule has 0 unspecified atom stereocenters. The van der Waals surface area contributed by atoms with Crippen molar-refractivity contribution < 1.29 is 4.39 Å². The fourth-order valence-electron chi connectivity index (χ4n) is 2.93. The maximum atomic E-state index is 13.0. The second kappa shape index (κ2) is 6.90. The van der Waals surface area contributed by atoms with Crippen molar-refractivity contribution >= 4 is 5.69 Å². The molecule has 1 saturated heterocycles. The fourth-order valence-corrected chi connectivity index (χ4v) is 2.93. The van der Waals surface area contributed by atoms with E-state index in [0.717, 1.165) is 38.4 Å². The predicted molar refractivity (Wildman–Crippen MR) is 88.2 cm³/mol. The van der Waals surface area contributed by atoms with Gasteiger partial charge >= 0.3 is 0 Å². The van der Waals surface area contributed by atoms with Crippen LogP contribution in [0.25, 0.3) is 0 Å². The molecule has 116 valence electrons. The topological polar surface area (TPSA) is 32.5 Å². The molecule has 22 heavy (non-hydrogen) atoms. The summed E-state index contributed by atoms with van der Waals surface area (Å²) in [5.41, 5.74) is 9.30. The van der Waals surface area contributed by atoms with Crippen LogP contribution in [0.2, 0.25) is 0 Å². The molecular weight excluding hydrogens is 277 g/mol. The van der Waals surface area contributed by atoms with Crippen LogP contribution in [0.15, 0.2) is 48.5 Å². The highest BCUT2D eigenvalue weighted by molar-refractivity contribution is 5.46. The largest absolute Gasteiger partial charge is 0.369 e. The van der Waals surface area contributed by atoms with E-state index in [4.69, 9.17) is 5.73 Å². The zero-order valence-electron chi connectivity index (χ0n) is 12.7. The van der Waals surface area contributed by atoms with Gasteiger partial charge in [0.15, 0.2) is 0 Å². The van der Waals surface area contributed by atoms with Crippen LogP contribution in [-0.2, 0) is 13.1 Å². The molecule has 4 heteroatoms. The van der Waals surface area contributed by atoms with Gasteiger partial charge in [0.05, 0.1) is 0 Å². The Morgan fingerprint density at radius 2 is 1.59 bits per heavy atom. The van der Waals surface area contributed by atoms with Crippen molar-refractivity contribution in [3.8, 4) is 0 Å². The van der Waals surface area contributed by atoms with Crippen LogP contribution < -0.4 is 10.6 Å². The van der Waals surface area contributed by atoms with Crippen molar-refractivity contribution in [1.29, 1.82) is 0 Å². The Hall–Kier alpha value is -1.91. The van der Waals surface area contributed by atoms with Crippen LogP contribution in [0, 0.1) is 5.82 Å². The van der Waals surface area contributed by atoms with E-state index in [1.807, 2.05) is 12.1 Å². The Morgan fingerprint density at radius 1 is 0.909 bits per heavy atom. The molecule has 3 rings (SSSR count). The summed E-state index contributed by atoms with van der Waals surface area (Å²) in [6, 6.07) is 15.3. The number of piperazine rings is 1. The quantitative estimate of drug-likeness (QED) is 0.942. The maximum absolute atomic E-state index is 13.0. The van der Waals surface area contributed by atoms with Crippen molar-refractivity contribution in [2.75, 3.05) is 31.1 Å². The molecule has 1 aliphatic rings. The SMILES string of the molecule is NCc1cccc(CN2CCN(c3ccc(F)cc3)CC2)c1. The van der Waals surface area contributed by atoms with E-state index in [1.165, 1.54) is 23.3 Å². The minimum atomic E-state index is -0.179. The second-order valence-electron chi connectivity index (χ2n) is 5.76. The van der Waals surface area contributed by atoms with Crippen molar-refractivity contribution in [2.45, 2.75) is 13.1 Å². The number of rotatable bonds is 4. The first-order valence-electron chi connectivity index (χ1n) is 7.75. The van der Waals surface area contributed by atoms with Gasteiger partial charge in [-0.1, -0.05) is 24.3 Å². The Balaban J connectivity index is 1.56. The summed E-state index contributed by atoms with van der Waals surface area (Å²) >= 11 is 0. The van der Waals surface area contributed by atoms with E-state index in [9.17, 15) is 4.39 Å². The summed E-state index contributed by atoms with van der Waals surface area (Å²) in [5, 5.41) is 0. The highest BCUT2D eigenvalue weighted by Gasteiger charge is 2.17. The third-order valence-corrected chi connectivity index (χ3v) is 4.20. The molecule has 1 fully saturated rings. The van der Waals surface area contributed by atoms with Gasteiger partial charge in [0.2, 0.25) is 0 Å². The summed E-state index contributed by atoms with van der Waals surface area (Å²) in [6.45, 7) is 5.54. The van der Waals surface area contributed by atoms with E-state index >= 15 is 0 Å². The van der Waals surface area contributed by atoms with E-state index in [1.54, 1.807) is 0 Å². The third-order valence-electron chi connectivity index (χ3n) is 4.20. The number of hydrogen-bond donors (Lipinski definition) is 1. The van der Waals surface area contributed by atoms with Gasteiger partial charge in [-0.2, -0.15) is 0 Å². The van der Waals surface area contributed by atoms with E-state index in [-0.39, 0.29) is 5.82 Å². The molecule has 1 heterocycles. The van der Waals surface area contributed by atoms with Crippen LogP contribution in [0.5, 0.6) is 0 Å². The van der Waals surface area contributed by atoms with E-state index in [0.29, 0.717) is 6.54 Å². The molecule has 0 amide bonds. The summed E-state index contributed by atoms with van der Waals surface area (Å²) in [5.74, 6) is -0.179. The number of hydrogen-bond acceptors (Lipinski definition) is 3. The van der Waals surface area contributed by atoms with E-state index < -0.39 is 0 Å². The lowest BCUT2D eigenvalue weighted by molar-refractivity contribution is 0.250. The van der Waals surface area contributed by atoms with Crippen molar-refractivity contribution in [3.63, 3.8) is 0 Å². The summed E-state index contributed by atoms with van der Waals surface area (Å²) in [6.07, 6.45) is 0. The summed E-state index contributed by atoms with van der Waals surface area (Å²) in [4.78, 5) is 4.77. The van der Waals surface area contributed by atoms with Crippen LogP contribution in [-0.4, -0.2) is 31.1 Å². The predicted octanol–water partition coefficient (Wildman–Crippen LogP) is 2.61. The molecule has 2 aromatic carbocycles. The maximum Gasteiger partial charge on any atom is 0.123 e. The summed E-state index contributed by atoms with van der Waals surface area (Å²) in [7, 11) is 0. The van der Waals surface area contributed by atoms with Gasteiger partial charge in [-0.05, 0) is 35.4 Å². The Bertz CT molecular complexity index is 604. The Labute approximate surface area is 131 Å². The number of anilines is 1. The first-order chi connectivity index (χ1) is 10.7. The van der Waals surface area contributed by atoms with Gasteiger partial charge in [-0.25, -0.2) is 4.39 Å². The molecule has 2 N–H and O–H groups in total. The molecule has 1 aliphatic heterocycles. The molecule has 0 aromatic heterocycles. The van der Waals surface area contributed by atoms with Crippen LogP contribution in [0.1, 0.15) is 11.1 Å². The lowest BCUT2D eigenvalue weighted by Crippen LogP contribution is -2.45. The van der Waals surface area contributed by atoms with E-state index in [2.05, 4.69) is 34.1 Å². The molecular formula is C18H22FN3. The number of halogens is 1. The molecule has 0 atom stereocenters. The standard InChI is InChI=1S/C18H22FN3/c19-17-4-6-18(7-5-17)22-10-8-21(9-11-22)14-16-3-1-2-15(12-16)13-20/h1-7,12H,8-11,13-14,20H2. The lowest BCUT2D eigenvalue weighted by atomic mass is 10.1. The third kappa shape index (κ3) is 3.64. The fraction of sp³-hybridized carbons (Fsp3) is 0.333. The molecule has 0 aliphatic carbocycles. The summed E-state index contributed by atoms with van der Waals surface area (Å²) < 4.78 is 13.0. The highest BCUT2D eigenvalue weighted by Crippen LogP contribution is 2.18. The zero-order chi connectivity index (χ0) is 15.4. The van der Waals surface area contributed by atoms with Crippen molar-refractivity contribution in [2.24, 2.45) is 5.73 Å². The molecule has 0 bridgehead atoms. The second-order valence-corrected chi connectivity index (χ2v) is 5.76. The monoisotopic (exact) mass is 299 g/mol. The molecule has 0 spiro atoms. The molecule has 0 saturated carbocycles. The van der Waals surface area contributed by atoms with Gasteiger partial charge in [0, 0.05) is 45.0 Å². The zero-order valence-corrected chi connectivity index (χ0v) is 12.7. The van der Waals surface area contributed by atoms with Crippen LogP contribution in [0.3, 0.4) is 0 Å². The minimum absolute atomic E-state index is 0.179. The number of nitrogens with zero attached hydrogens (tertiary/aromatic N) is 2. The van der Waals surface area contributed by atoms with Crippen LogP contribution in [0.4, 0.5) is 10.1 Å². The van der Waals surface area contributed by atoms with Crippen molar-refractivity contribution in [1.82, 2.24) is 4.90 Å².